The van der Waals surface area contributed by atoms with Gasteiger partial charge in [0.15, 0.2) is 5.69 Å². The minimum atomic E-state index is -0.270. The van der Waals surface area contributed by atoms with E-state index >= 15 is 0 Å². The number of nitrogens with zero attached hydrogens (tertiary/aromatic N) is 4. The average Bonchev–Trinajstić information content (AvgIpc) is 3.37. The van der Waals surface area contributed by atoms with Crippen LogP contribution in [0.3, 0.4) is 0 Å². The van der Waals surface area contributed by atoms with Crippen molar-refractivity contribution in [2.24, 2.45) is 0 Å². The molecular formula is C23H24N6O. The number of aromatic amines is 1. The number of aryl methyl sites for hydroxylation is 2. The lowest BCUT2D eigenvalue weighted by Gasteiger charge is -2.18. The second-order valence-electron chi connectivity index (χ2n) is 7.35. The standard InChI is InChI=1S/C23H24N6O/c1-15(21-16(2)25-26-17(21)3)24-23(30)20-14-29(28-27-20)22(18-10-6-4-7-11-18)19-12-8-5-9-13-19/h4-15,22H,1-3H3,(H,24,30)(H,25,26). The molecule has 0 aliphatic rings. The van der Waals surface area contributed by atoms with Crippen LogP contribution in [0, 0.1) is 13.8 Å². The predicted octanol–water partition coefficient (Wildman–Crippen LogP) is 3.75. The van der Waals surface area contributed by atoms with Crippen molar-refractivity contribution in [1.29, 1.82) is 0 Å². The zero-order valence-corrected chi connectivity index (χ0v) is 17.2. The summed E-state index contributed by atoms with van der Waals surface area (Å²) >= 11 is 0. The zero-order valence-electron chi connectivity index (χ0n) is 17.2. The van der Waals surface area contributed by atoms with Crippen LogP contribution in [0.2, 0.25) is 0 Å². The van der Waals surface area contributed by atoms with Crippen molar-refractivity contribution in [3.05, 3.63) is 101 Å². The largest absolute Gasteiger partial charge is 0.344 e. The van der Waals surface area contributed by atoms with Crippen LogP contribution >= 0.6 is 0 Å². The van der Waals surface area contributed by atoms with Crippen LogP contribution in [0.25, 0.3) is 0 Å². The van der Waals surface area contributed by atoms with E-state index < -0.39 is 0 Å². The summed E-state index contributed by atoms with van der Waals surface area (Å²) in [6.45, 7) is 5.80. The number of rotatable bonds is 6. The first-order valence-corrected chi connectivity index (χ1v) is 9.88. The Bertz CT molecular complexity index is 1070. The van der Waals surface area contributed by atoms with E-state index in [1.54, 1.807) is 10.9 Å². The molecule has 0 fully saturated rings. The molecule has 1 amide bonds. The zero-order chi connectivity index (χ0) is 21.1. The number of amides is 1. The van der Waals surface area contributed by atoms with Crippen LogP contribution in [-0.2, 0) is 0 Å². The summed E-state index contributed by atoms with van der Waals surface area (Å²) in [5, 5.41) is 18.6. The molecule has 0 saturated heterocycles. The van der Waals surface area contributed by atoms with E-state index in [1.807, 2.05) is 81.4 Å². The fourth-order valence-electron chi connectivity index (χ4n) is 3.82. The molecule has 0 spiro atoms. The fourth-order valence-corrected chi connectivity index (χ4v) is 3.82. The Morgan fingerprint density at radius 3 is 2.13 bits per heavy atom. The number of aromatic nitrogens is 5. The van der Waals surface area contributed by atoms with Crippen LogP contribution in [-0.4, -0.2) is 31.1 Å². The molecule has 2 aromatic heterocycles. The maximum Gasteiger partial charge on any atom is 0.273 e. The van der Waals surface area contributed by atoms with Gasteiger partial charge in [0.05, 0.1) is 17.9 Å². The number of hydrogen-bond acceptors (Lipinski definition) is 4. The van der Waals surface area contributed by atoms with Crippen molar-refractivity contribution < 1.29 is 4.79 Å². The molecule has 2 aromatic carbocycles. The number of benzene rings is 2. The lowest BCUT2D eigenvalue weighted by Crippen LogP contribution is -2.27. The molecule has 0 aliphatic heterocycles. The summed E-state index contributed by atoms with van der Waals surface area (Å²) in [5.41, 5.74) is 5.21. The van der Waals surface area contributed by atoms with Crippen LogP contribution in [0.1, 0.15) is 57.6 Å². The van der Waals surface area contributed by atoms with Gasteiger partial charge in [0, 0.05) is 11.3 Å². The van der Waals surface area contributed by atoms with Crippen LogP contribution in [0.5, 0.6) is 0 Å². The number of carbonyl (C=O) groups is 1. The lowest BCUT2D eigenvalue weighted by atomic mass is 9.99. The third-order valence-electron chi connectivity index (χ3n) is 5.20. The topological polar surface area (TPSA) is 88.5 Å². The maximum absolute atomic E-state index is 12.8. The molecule has 4 rings (SSSR count). The van der Waals surface area contributed by atoms with Gasteiger partial charge in [-0.3, -0.25) is 9.89 Å². The van der Waals surface area contributed by atoms with E-state index in [1.165, 1.54) is 0 Å². The van der Waals surface area contributed by atoms with Crippen molar-refractivity contribution in [2.75, 3.05) is 0 Å². The summed E-state index contributed by atoms with van der Waals surface area (Å²) in [6, 6.07) is 19.8. The van der Waals surface area contributed by atoms with Crippen molar-refractivity contribution in [1.82, 2.24) is 30.5 Å². The molecule has 4 aromatic rings. The fraction of sp³-hybridized carbons (Fsp3) is 0.217. The van der Waals surface area contributed by atoms with E-state index in [4.69, 9.17) is 0 Å². The Labute approximate surface area is 175 Å². The number of nitrogens with one attached hydrogen (secondary N) is 2. The molecule has 2 N–H and O–H groups in total. The highest BCUT2D eigenvalue weighted by atomic mass is 16.2. The molecule has 0 saturated carbocycles. The second kappa shape index (κ2) is 8.32. The lowest BCUT2D eigenvalue weighted by molar-refractivity contribution is 0.0934. The third kappa shape index (κ3) is 3.87. The maximum atomic E-state index is 12.8. The number of carbonyl (C=O) groups excluding carboxylic acids is 1. The molecular weight excluding hydrogens is 376 g/mol. The molecule has 30 heavy (non-hydrogen) atoms. The highest BCUT2D eigenvalue weighted by Crippen LogP contribution is 2.26. The van der Waals surface area contributed by atoms with Gasteiger partial charge in [-0.25, -0.2) is 4.68 Å². The van der Waals surface area contributed by atoms with E-state index in [2.05, 4.69) is 25.8 Å². The molecule has 152 valence electrons. The molecule has 1 unspecified atom stereocenters. The first-order chi connectivity index (χ1) is 14.5. The van der Waals surface area contributed by atoms with E-state index in [0.29, 0.717) is 0 Å². The normalized spacial score (nSPS) is 12.1. The number of hydrogen-bond donors (Lipinski definition) is 2. The summed E-state index contributed by atoms with van der Waals surface area (Å²) in [6.07, 6.45) is 1.70. The van der Waals surface area contributed by atoms with Gasteiger partial charge < -0.3 is 5.32 Å². The summed E-state index contributed by atoms with van der Waals surface area (Å²) in [4.78, 5) is 12.8. The third-order valence-corrected chi connectivity index (χ3v) is 5.20. The average molecular weight is 400 g/mol. The van der Waals surface area contributed by atoms with Gasteiger partial charge in [-0.05, 0) is 31.9 Å². The monoisotopic (exact) mass is 400 g/mol. The van der Waals surface area contributed by atoms with Gasteiger partial charge in [0.25, 0.3) is 5.91 Å². The second-order valence-corrected chi connectivity index (χ2v) is 7.35. The minimum absolute atomic E-state index is 0.169. The predicted molar refractivity (Wildman–Crippen MR) is 114 cm³/mol. The van der Waals surface area contributed by atoms with Crippen molar-refractivity contribution in [3.63, 3.8) is 0 Å². The Balaban J connectivity index is 1.60. The quantitative estimate of drug-likeness (QED) is 0.516. The number of H-pyrrole nitrogens is 1. The van der Waals surface area contributed by atoms with Gasteiger partial charge in [-0.2, -0.15) is 5.10 Å². The minimum Gasteiger partial charge on any atom is -0.344 e. The molecule has 0 bridgehead atoms. The van der Waals surface area contributed by atoms with Gasteiger partial charge in [-0.1, -0.05) is 65.9 Å². The highest BCUT2D eigenvalue weighted by Gasteiger charge is 2.22. The van der Waals surface area contributed by atoms with Crippen molar-refractivity contribution in [3.8, 4) is 0 Å². The molecule has 0 radical (unpaired) electrons. The molecule has 7 heteroatoms. The van der Waals surface area contributed by atoms with Crippen molar-refractivity contribution >= 4 is 5.91 Å². The van der Waals surface area contributed by atoms with Gasteiger partial charge >= 0.3 is 0 Å². The molecule has 7 nitrogen and oxygen atoms in total. The van der Waals surface area contributed by atoms with Gasteiger partial charge in [0.1, 0.15) is 6.04 Å². The van der Waals surface area contributed by atoms with Crippen molar-refractivity contribution in [2.45, 2.75) is 32.9 Å². The molecule has 0 aliphatic carbocycles. The van der Waals surface area contributed by atoms with Crippen LogP contribution < -0.4 is 5.32 Å². The Morgan fingerprint density at radius 1 is 1.00 bits per heavy atom. The van der Waals surface area contributed by atoms with E-state index in [9.17, 15) is 4.79 Å². The van der Waals surface area contributed by atoms with E-state index in [-0.39, 0.29) is 23.7 Å². The highest BCUT2D eigenvalue weighted by molar-refractivity contribution is 5.92. The summed E-state index contributed by atoms with van der Waals surface area (Å²) < 4.78 is 1.73. The van der Waals surface area contributed by atoms with Gasteiger partial charge in [-0.15, -0.1) is 5.10 Å². The summed E-state index contributed by atoms with van der Waals surface area (Å²) in [7, 11) is 0. The Morgan fingerprint density at radius 2 is 1.60 bits per heavy atom. The van der Waals surface area contributed by atoms with Crippen LogP contribution in [0.4, 0.5) is 0 Å². The van der Waals surface area contributed by atoms with E-state index in [0.717, 1.165) is 28.1 Å². The summed E-state index contributed by atoms with van der Waals surface area (Å²) in [5.74, 6) is -0.270. The Kier molecular flexibility index (Phi) is 5.43. The van der Waals surface area contributed by atoms with Gasteiger partial charge in [0.2, 0.25) is 0 Å². The first kappa shape index (κ1) is 19.6. The molecule has 1 atom stereocenters. The SMILES string of the molecule is Cc1n[nH]c(C)c1C(C)NC(=O)c1cn(C(c2ccccc2)c2ccccc2)nn1. The van der Waals surface area contributed by atoms with Crippen LogP contribution in [0.15, 0.2) is 66.9 Å². The smallest absolute Gasteiger partial charge is 0.273 e. The molecule has 2 heterocycles. The Hall–Kier alpha value is -3.74. The first-order valence-electron chi connectivity index (χ1n) is 9.88.